The van der Waals surface area contributed by atoms with Crippen LogP contribution in [-0.2, 0) is 6.42 Å². The molecule has 2 unspecified atom stereocenters. The lowest BCUT2D eigenvalue weighted by molar-refractivity contribution is -0.168. The summed E-state index contributed by atoms with van der Waals surface area (Å²) in [6.45, 7) is 6.00. The van der Waals surface area contributed by atoms with E-state index in [4.69, 9.17) is 0 Å². The summed E-state index contributed by atoms with van der Waals surface area (Å²) in [4.78, 5) is 8.11. The fourth-order valence-electron chi connectivity index (χ4n) is 3.60. The Morgan fingerprint density at radius 3 is 2.62 bits per heavy atom. The van der Waals surface area contributed by atoms with Crippen molar-refractivity contribution in [2.24, 2.45) is 17.3 Å². The Bertz CT molecular complexity index is 1170. The van der Waals surface area contributed by atoms with Crippen LogP contribution in [0.2, 0.25) is 0 Å². The summed E-state index contributed by atoms with van der Waals surface area (Å²) in [5.74, 6) is 11.1. The fraction of sp³-hybridized carbons (Fsp3) is 0.385. The Hall–Kier alpha value is -3.12. The normalized spacial score (nSPS) is 20.4. The van der Waals surface area contributed by atoms with E-state index in [0.29, 0.717) is 30.0 Å². The molecule has 2 aromatic heterocycles. The molecule has 0 saturated heterocycles. The van der Waals surface area contributed by atoms with Crippen LogP contribution >= 0.6 is 0 Å². The van der Waals surface area contributed by atoms with Gasteiger partial charge in [0.2, 0.25) is 0 Å². The standard InChI is InChI=1S/C26H22F4N2/c1-3-18-7-13-32-23(24(18)27)5-4-20-15-21(20)14-17(2)19-8-12-31-22(16-19)6-9-25(10-11-25)26(28,29)30/h7-8,12-13,16,20-21H,2-3,10-11,14-15H2,1H3. The van der Waals surface area contributed by atoms with E-state index in [1.165, 1.54) is 6.20 Å². The average molecular weight is 438 g/mol. The van der Waals surface area contributed by atoms with Crippen molar-refractivity contribution in [1.82, 2.24) is 9.97 Å². The maximum absolute atomic E-state index is 14.3. The Morgan fingerprint density at radius 2 is 1.94 bits per heavy atom. The zero-order chi connectivity index (χ0) is 22.9. The number of allylic oxidation sites excluding steroid dienone is 1. The van der Waals surface area contributed by atoms with Crippen LogP contribution in [0.25, 0.3) is 5.57 Å². The van der Waals surface area contributed by atoms with E-state index in [9.17, 15) is 17.6 Å². The van der Waals surface area contributed by atoms with Crippen molar-refractivity contribution >= 4 is 5.57 Å². The average Bonchev–Trinajstić information content (AvgIpc) is 3.68. The van der Waals surface area contributed by atoms with Gasteiger partial charge in [0.15, 0.2) is 5.82 Å². The van der Waals surface area contributed by atoms with E-state index in [2.05, 4.69) is 40.2 Å². The zero-order valence-electron chi connectivity index (χ0n) is 17.7. The number of hydrogen-bond donors (Lipinski definition) is 0. The summed E-state index contributed by atoms with van der Waals surface area (Å²) in [5.41, 5.74) is 0.890. The minimum atomic E-state index is -4.31. The first-order valence-electron chi connectivity index (χ1n) is 10.6. The Labute approximate surface area is 185 Å². The van der Waals surface area contributed by atoms with Gasteiger partial charge in [-0.1, -0.05) is 25.3 Å². The number of nitrogens with zero attached hydrogens (tertiary/aromatic N) is 2. The van der Waals surface area contributed by atoms with E-state index in [-0.39, 0.29) is 30.3 Å². The minimum absolute atomic E-state index is 0.0438. The molecule has 0 spiro atoms. The zero-order valence-corrected chi connectivity index (χ0v) is 17.7. The molecule has 0 N–H and O–H groups in total. The molecule has 0 radical (unpaired) electrons. The van der Waals surface area contributed by atoms with Crippen LogP contribution < -0.4 is 0 Å². The highest BCUT2D eigenvalue weighted by Gasteiger charge is 2.62. The van der Waals surface area contributed by atoms with Crippen molar-refractivity contribution in [3.63, 3.8) is 0 Å². The van der Waals surface area contributed by atoms with Gasteiger partial charge in [0.05, 0.1) is 0 Å². The van der Waals surface area contributed by atoms with Crippen molar-refractivity contribution in [3.05, 3.63) is 65.5 Å². The predicted octanol–water partition coefficient (Wildman–Crippen LogP) is 5.96. The molecule has 0 bridgehead atoms. The van der Waals surface area contributed by atoms with Crippen molar-refractivity contribution in [1.29, 1.82) is 0 Å². The molecule has 2 fully saturated rings. The van der Waals surface area contributed by atoms with E-state index in [1.807, 2.05) is 6.92 Å². The molecule has 0 amide bonds. The third-order valence-electron chi connectivity index (χ3n) is 6.05. The van der Waals surface area contributed by atoms with Gasteiger partial charge >= 0.3 is 6.18 Å². The fourth-order valence-corrected chi connectivity index (χ4v) is 3.60. The molecular weight excluding hydrogens is 416 g/mol. The van der Waals surface area contributed by atoms with Gasteiger partial charge in [0, 0.05) is 18.3 Å². The molecule has 2 aliphatic rings. The number of alkyl halides is 3. The first kappa shape index (κ1) is 22.1. The summed E-state index contributed by atoms with van der Waals surface area (Å²) in [5, 5.41) is 0. The highest BCUT2D eigenvalue weighted by molar-refractivity contribution is 5.64. The summed E-state index contributed by atoms with van der Waals surface area (Å²) >= 11 is 0. The second kappa shape index (κ2) is 8.43. The topological polar surface area (TPSA) is 25.8 Å². The molecular formula is C26H22F4N2. The number of hydrogen-bond acceptors (Lipinski definition) is 2. The monoisotopic (exact) mass is 438 g/mol. The SMILES string of the molecule is C=C(CC1CC1C#Cc1nccc(CC)c1F)c1ccnc(C#CC2(C(F)(F)F)CC2)c1. The van der Waals surface area contributed by atoms with E-state index in [1.54, 1.807) is 24.4 Å². The molecule has 2 heterocycles. The molecule has 0 aliphatic heterocycles. The van der Waals surface area contributed by atoms with Crippen LogP contribution in [-0.4, -0.2) is 16.1 Å². The molecule has 2 saturated carbocycles. The quantitative estimate of drug-likeness (QED) is 0.435. The maximum Gasteiger partial charge on any atom is 0.405 e. The third-order valence-corrected chi connectivity index (χ3v) is 6.05. The van der Waals surface area contributed by atoms with Crippen LogP contribution in [0.1, 0.15) is 55.1 Å². The van der Waals surface area contributed by atoms with Crippen molar-refractivity contribution in [2.45, 2.75) is 45.2 Å². The Balaban J connectivity index is 1.38. The number of aromatic nitrogens is 2. The molecule has 32 heavy (non-hydrogen) atoms. The van der Waals surface area contributed by atoms with Crippen molar-refractivity contribution < 1.29 is 17.6 Å². The second-order valence-corrected chi connectivity index (χ2v) is 8.43. The van der Waals surface area contributed by atoms with E-state index >= 15 is 0 Å². The van der Waals surface area contributed by atoms with Gasteiger partial charge in [0.25, 0.3) is 0 Å². The van der Waals surface area contributed by atoms with Crippen LogP contribution in [0, 0.1) is 46.7 Å². The van der Waals surface area contributed by atoms with Crippen molar-refractivity contribution in [3.8, 4) is 23.7 Å². The molecule has 0 aromatic carbocycles. The second-order valence-electron chi connectivity index (χ2n) is 8.43. The van der Waals surface area contributed by atoms with Gasteiger partial charge in [0.1, 0.15) is 16.8 Å². The van der Waals surface area contributed by atoms with Gasteiger partial charge in [-0.25, -0.2) is 14.4 Å². The van der Waals surface area contributed by atoms with Gasteiger partial charge in [-0.05, 0) is 84.8 Å². The number of halogens is 4. The highest BCUT2D eigenvalue weighted by atomic mass is 19.4. The molecule has 2 aromatic rings. The minimum Gasteiger partial charge on any atom is -0.248 e. The number of pyridine rings is 2. The molecule has 4 rings (SSSR count). The van der Waals surface area contributed by atoms with E-state index < -0.39 is 11.6 Å². The lowest BCUT2D eigenvalue weighted by atomic mass is 10.0. The first-order valence-corrected chi connectivity index (χ1v) is 10.6. The van der Waals surface area contributed by atoms with Gasteiger partial charge in [-0.2, -0.15) is 13.2 Å². The Kier molecular flexibility index (Phi) is 5.82. The lowest BCUT2D eigenvalue weighted by Gasteiger charge is -2.11. The summed E-state index contributed by atoms with van der Waals surface area (Å²) in [7, 11) is 0. The lowest BCUT2D eigenvalue weighted by Crippen LogP contribution is -2.22. The van der Waals surface area contributed by atoms with Crippen LogP contribution in [0.4, 0.5) is 17.6 Å². The maximum atomic E-state index is 14.3. The summed E-state index contributed by atoms with van der Waals surface area (Å²) in [6.07, 6.45) is 1.08. The smallest absolute Gasteiger partial charge is 0.248 e. The molecule has 2 nitrogen and oxygen atoms in total. The largest absolute Gasteiger partial charge is 0.405 e. The number of rotatable bonds is 4. The molecule has 2 aliphatic carbocycles. The van der Waals surface area contributed by atoms with Crippen LogP contribution in [0.5, 0.6) is 0 Å². The highest BCUT2D eigenvalue weighted by Crippen LogP contribution is 2.57. The number of aryl methyl sites for hydroxylation is 1. The van der Waals surface area contributed by atoms with Crippen LogP contribution in [0.3, 0.4) is 0 Å². The molecule has 6 heteroatoms. The molecule has 2 atom stereocenters. The molecule has 164 valence electrons. The van der Waals surface area contributed by atoms with Gasteiger partial charge in [-0.15, -0.1) is 0 Å². The third kappa shape index (κ3) is 4.70. The predicted molar refractivity (Wildman–Crippen MR) is 115 cm³/mol. The first-order chi connectivity index (χ1) is 15.2. The van der Waals surface area contributed by atoms with Gasteiger partial charge < -0.3 is 0 Å². The summed E-state index contributed by atoms with van der Waals surface area (Å²) in [6, 6.07) is 5.12. The van der Waals surface area contributed by atoms with Crippen molar-refractivity contribution in [2.75, 3.05) is 0 Å². The van der Waals surface area contributed by atoms with Crippen LogP contribution in [0.15, 0.2) is 37.2 Å². The van der Waals surface area contributed by atoms with E-state index in [0.717, 1.165) is 17.6 Å². The van der Waals surface area contributed by atoms with Gasteiger partial charge in [-0.3, -0.25) is 0 Å². The Morgan fingerprint density at radius 1 is 1.19 bits per heavy atom. The summed E-state index contributed by atoms with van der Waals surface area (Å²) < 4.78 is 53.4.